The van der Waals surface area contributed by atoms with E-state index in [4.69, 9.17) is 0 Å². The molecular formula is C18H25N. The molecule has 1 aliphatic heterocycles. The lowest BCUT2D eigenvalue weighted by Crippen LogP contribution is -2.27. The van der Waals surface area contributed by atoms with Crippen LogP contribution in [-0.4, -0.2) is 17.5 Å². The first-order chi connectivity index (χ1) is 9.04. The molecule has 1 heteroatoms. The fraction of sp³-hybridized carbons (Fsp3) is 0.500. The molecule has 0 bridgehead atoms. The Hall–Kier alpha value is -1.30. The van der Waals surface area contributed by atoms with Crippen molar-refractivity contribution in [3.8, 4) is 0 Å². The summed E-state index contributed by atoms with van der Waals surface area (Å²) < 4.78 is 0. The van der Waals surface area contributed by atoms with E-state index in [2.05, 4.69) is 73.9 Å². The van der Waals surface area contributed by atoms with Gasteiger partial charge in [0.2, 0.25) is 0 Å². The smallest absolute Gasteiger partial charge is 0.0356 e. The van der Waals surface area contributed by atoms with Crippen molar-refractivity contribution in [1.29, 1.82) is 0 Å². The highest BCUT2D eigenvalue weighted by Gasteiger charge is 2.21. The van der Waals surface area contributed by atoms with Crippen LogP contribution in [0, 0.1) is 5.41 Å². The molecule has 1 fully saturated rings. The van der Waals surface area contributed by atoms with Crippen molar-refractivity contribution < 1.29 is 0 Å². The molecule has 0 saturated carbocycles. The lowest BCUT2D eigenvalue weighted by atomic mass is 9.97. The number of hydrogen-bond donors (Lipinski definition) is 0. The molecule has 0 N–H and O–H groups in total. The van der Waals surface area contributed by atoms with E-state index in [1.54, 1.807) is 0 Å². The van der Waals surface area contributed by atoms with Gasteiger partial charge < -0.3 is 0 Å². The monoisotopic (exact) mass is 255 g/mol. The first-order valence-electron chi connectivity index (χ1n) is 7.26. The number of hydrogen-bond acceptors (Lipinski definition) is 1. The molecule has 1 atom stereocenters. The Labute approximate surface area is 117 Å². The van der Waals surface area contributed by atoms with Gasteiger partial charge in [-0.05, 0) is 42.5 Å². The molecule has 0 amide bonds. The van der Waals surface area contributed by atoms with Crippen LogP contribution in [0.2, 0.25) is 0 Å². The number of nitrogens with zero attached hydrogens (tertiary/aromatic N) is 1. The molecule has 0 aromatic heterocycles. The van der Waals surface area contributed by atoms with E-state index in [9.17, 15) is 0 Å². The summed E-state index contributed by atoms with van der Waals surface area (Å²) in [4.78, 5) is 2.55. The average Bonchev–Trinajstić information content (AvgIpc) is 2.76. The van der Waals surface area contributed by atoms with E-state index < -0.39 is 0 Å². The second-order valence-electron chi connectivity index (χ2n) is 6.51. The van der Waals surface area contributed by atoms with Gasteiger partial charge in [-0.15, -0.1) is 5.73 Å². The van der Waals surface area contributed by atoms with E-state index in [1.807, 2.05) is 0 Å². The predicted molar refractivity (Wildman–Crippen MR) is 82.0 cm³/mol. The van der Waals surface area contributed by atoms with Crippen LogP contribution < -0.4 is 0 Å². The van der Waals surface area contributed by atoms with Crippen LogP contribution in [0.25, 0.3) is 0 Å². The van der Waals surface area contributed by atoms with Crippen LogP contribution in [0.1, 0.15) is 39.2 Å². The fourth-order valence-corrected chi connectivity index (χ4v) is 2.46. The van der Waals surface area contributed by atoms with E-state index in [0.29, 0.717) is 6.04 Å². The summed E-state index contributed by atoms with van der Waals surface area (Å²) in [7, 11) is 0. The van der Waals surface area contributed by atoms with E-state index in [0.717, 1.165) is 6.54 Å². The van der Waals surface area contributed by atoms with Crippen molar-refractivity contribution in [1.82, 2.24) is 4.90 Å². The van der Waals surface area contributed by atoms with Crippen LogP contribution in [0.4, 0.5) is 0 Å². The normalized spacial score (nSPS) is 20.1. The Morgan fingerprint density at radius 2 is 2.00 bits per heavy atom. The SMILES string of the molecule is CC(C)(C)C=C=CC1CCCN1Cc1ccccc1. The Balaban J connectivity index is 2.00. The molecule has 0 spiro atoms. The molecule has 1 heterocycles. The standard InChI is InChI=1S/C18H25N/c1-18(2,3)13-7-11-17-12-8-14-19(17)15-16-9-5-4-6-10-16/h4-6,9-11,13,17H,8,12,14-15H2,1-3H3. The maximum Gasteiger partial charge on any atom is 0.0356 e. The Morgan fingerprint density at radius 1 is 1.26 bits per heavy atom. The molecule has 19 heavy (non-hydrogen) atoms. The van der Waals surface area contributed by atoms with Crippen LogP contribution in [0.5, 0.6) is 0 Å². The lowest BCUT2D eigenvalue weighted by Gasteiger charge is -2.21. The minimum absolute atomic E-state index is 0.222. The molecule has 1 aromatic rings. The number of rotatable bonds is 3. The summed E-state index contributed by atoms with van der Waals surface area (Å²) in [5.41, 5.74) is 5.02. The third-order valence-electron chi connectivity index (χ3n) is 3.45. The van der Waals surface area contributed by atoms with Crippen molar-refractivity contribution >= 4 is 0 Å². The van der Waals surface area contributed by atoms with Crippen LogP contribution in [0.15, 0.2) is 48.2 Å². The van der Waals surface area contributed by atoms with Crippen LogP contribution in [-0.2, 0) is 6.54 Å². The maximum absolute atomic E-state index is 3.39. The highest BCUT2D eigenvalue weighted by Crippen LogP contribution is 2.21. The van der Waals surface area contributed by atoms with Crippen molar-refractivity contribution in [2.75, 3.05) is 6.54 Å². The number of benzene rings is 1. The molecule has 2 rings (SSSR count). The summed E-state index contributed by atoms with van der Waals surface area (Å²) in [6.45, 7) is 8.89. The molecule has 1 unspecified atom stereocenters. The molecular weight excluding hydrogens is 230 g/mol. The van der Waals surface area contributed by atoms with Gasteiger partial charge in [-0.25, -0.2) is 0 Å². The van der Waals surface area contributed by atoms with Gasteiger partial charge in [0, 0.05) is 12.6 Å². The zero-order valence-corrected chi connectivity index (χ0v) is 12.4. The van der Waals surface area contributed by atoms with Gasteiger partial charge in [-0.1, -0.05) is 51.1 Å². The van der Waals surface area contributed by atoms with Crippen molar-refractivity contribution in [3.63, 3.8) is 0 Å². The Morgan fingerprint density at radius 3 is 2.68 bits per heavy atom. The van der Waals surface area contributed by atoms with E-state index in [1.165, 1.54) is 24.9 Å². The zero-order chi connectivity index (χ0) is 13.7. The van der Waals surface area contributed by atoms with Crippen LogP contribution >= 0.6 is 0 Å². The largest absolute Gasteiger partial charge is 0.292 e. The number of likely N-dealkylation sites (tertiary alicyclic amines) is 1. The summed E-state index contributed by atoms with van der Waals surface area (Å²) in [6.07, 6.45) is 6.98. The minimum Gasteiger partial charge on any atom is -0.292 e. The van der Waals surface area contributed by atoms with Gasteiger partial charge in [0.15, 0.2) is 0 Å². The van der Waals surface area contributed by atoms with Crippen LogP contribution in [0.3, 0.4) is 0 Å². The quantitative estimate of drug-likeness (QED) is 0.723. The summed E-state index contributed by atoms with van der Waals surface area (Å²) >= 11 is 0. The topological polar surface area (TPSA) is 3.24 Å². The van der Waals surface area contributed by atoms with Crippen molar-refractivity contribution in [2.24, 2.45) is 5.41 Å². The van der Waals surface area contributed by atoms with Gasteiger partial charge in [0.05, 0.1) is 0 Å². The van der Waals surface area contributed by atoms with E-state index in [-0.39, 0.29) is 5.41 Å². The van der Waals surface area contributed by atoms with Crippen molar-refractivity contribution in [3.05, 3.63) is 53.8 Å². The second kappa shape index (κ2) is 6.23. The summed E-state index contributed by atoms with van der Waals surface area (Å²) in [5.74, 6) is 0. The third-order valence-corrected chi connectivity index (χ3v) is 3.45. The van der Waals surface area contributed by atoms with Gasteiger partial charge in [0.25, 0.3) is 0 Å². The first kappa shape index (κ1) is 14.1. The molecule has 1 aromatic carbocycles. The molecule has 1 aliphatic rings. The fourth-order valence-electron chi connectivity index (χ4n) is 2.46. The summed E-state index contributed by atoms with van der Waals surface area (Å²) in [6, 6.07) is 11.3. The molecule has 0 aliphatic carbocycles. The average molecular weight is 255 g/mol. The zero-order valence-electron chi connectivity index (χ0n) is 12.4. The van der Waals surface area contributed by atoms with Gasteiger partial charge in [-0.3, -0.25) is 4.90 Å². The second-order valence-corrected chi connectivity index (χ2v) is 6.51. The molecule has 1 saturated heterocycles. The highest BCUT2D eigenvalue weighted by molar-refractivity contribution is 5.15. The Bertz CT molecular complexity index is 446. The van der Waals surface area contributed by atoms with Gasteiger partial charge in [0.1, 0.15) is 0 Å². The molecule has 1 nitrogen and oxygen atoms in total. The first-order valence-corrected chi connectivity index (χ1v) is 7.26. The van der Waals surface area contributed by atoms with Gasteiger partial charge in [-0.2, -0.15) is 0 Å². The highest BCUT2D eigenvalue weighted by atomic mass is 15.2. The molecule has 0 radical (unpaired) electrons. The predicted octanol–water partition coefficient (Wildman–Crippen LogP) is 4.41. The summed E-state index contributed by atoms with van der Waals surface area (Å²) in [5, 5.41) is 0. The van der Waals surface area contributed by atoms with Gasteiger partial charge >= 0.3 is 0 Å². The molecule has 102 valence electrons. The third kappa shape index (κ3) is 4.70. The lowest BCUT2D eigenvalue weighted by molar-refractivity contribution is 0.281. The van der Waals surface area contributed by atoms with Crippen molar-refractivity contribution in [2.45, 2.75) is 46.2 Å². The van der Waals surface area contributed by atoms with E-state index >= 15 is 0 Å². The minimum atomic E-state index is 0.222. The Kier molecular flexibility index (Phi) is 4.63. The maximum atomic E-state index is 3.39.